The van der Waals surface area contributed by atoms with Crippen molar-refractivity contribution in [1.82, 2.24) is 15.4 Å². The topological polar surface area (TPSA) is 70.1 Å². The van der Waals surface area contributed by atoms with Crippen molar-refractivity contribution in [3.05, 3.63) is 58.9 Å². The molecule has 0 spiro atoms. The van der Waals surface area contributed by atoms with Crippen LogP contribution in [0.15, 0.2) is 52.7 Å². The van der Waals surface area contributed by atoms with Crippen LogP contribution in [-0.2, 0) is 4.79 Å². The summed E-state index contributed by atoms with van der Waals surface area (Å²) < 4.78 is 13.5. The predicted molar refractivity (Wildman–Crippen MR) is 94.0 cm³/mol. The van der Waals surface area contributed by atoms with Gasteiger partial charge in [-0.1, -0.05) is 41.6 Å². The number of carbonyl (C=O) groups is 1. The summed E-state index contributed by atoms with van der Waals surface area (Å²) in [6, 6.07) is 11.9. The Bertz CT molecular complexity index is 859. The molecule has 1 amide bonds. The Morgan fingerprint density at radius 2 is 2.17 bits per heavy atom. The van der Waals surface area contributed by atoms with Crippen LogP contribution in [0.5, 0.6) is 0 Å². The standard InChI is InChI=1S/C16H12ClFN4OS/c17-11-4-3-5-12(18)10(11)8-19-22-15(23)9-24-16-20-13-6-1-2-7-14(13)21-16/h1-8H,9H2,(H,20,21)(H,22,23). The molecule has 3 aromatic rings. The monoisotopic (exact) mass is 362 g/mol. The van der Waals surface area contributed by atoms with E-state index in [2.05, 4.69) is 20.5 Å². The van der Waals surface area contributed by atoms with E-state index in [1.165, 1.54) is 30.1 Å². The Morgan fingerprint density at radius 3 is 2.96 bits per heavy atom. The van der Waals surface area contributed by atoms with Gasteiger partial charge in [0.05, 0.1) is 28.0 Å². The zero-order valence-corrected chi connectivity index (χ0v) is 13.9. The molecule has 2 N–H and O–H groups in total. The van der Waals surface area contributed by atoms with Crippen LogP contribution < -0.4 is 5.43 Å². The molecule has 5 nitrogen and oxygen atoms in total. The van der Waals surface area contributed by atoms with Gasteiger partial charge in [0.1, 0.15) is 5.82 Å². The van der Waals surface area contributed by atoms with Gasteiger partial charge >= 0.3 is 0 Å². The molecule has 0 saturated carbocycles. The summed E-state index contributed by atoms with van der Waals surface area (Å²) in [6.45, 7) is 0. The summed E-state index contributed by atoms with van der Waals surface area (Å²) >= 11 is 7.12. The number of imidazole rings is 1. The highest BCUT2D eigenvalue weighted by Crippen LogP contribution is 2.19. The summed E-state index contributed by atoms with van der Waals surface area (Å²) in [5.41, 5.74) is 4.21. The van der Waals surface area contributed by atoms with Crippen LogP contribution in [0.25, 0.3) is 11.0 Å². The fourth-order valence-corrected chi connectivity index (χ4v) is 2.86. The van der Waals surface area contributed by atoms with Crippen molar-refractivity contribution in [3.8, 4) is 0 Å². The molecule has 0 bridgehead atoms. The number of hydrogen-bond donors (Lipinski definition) is 2. The van der Waals surface area contributed by atoms with Crippen molar-refractivity contribution in [1.29, 1.82) is 0 Å². The number of fused-ring (bicyclic) bond motifs is 1. The van der Waals surface area contributed by atoms with E-state index in [1.54, 1.807) is 6.07 Å². The molecular weight excluding hydrogens is 351 g/mol. The molecular formula is C16H12ClFN4OS. The Balaban J connectivity index is 1.55. The maximum Gasteiger partial charge on any atom is 0.250 e. The van der Waals surface area contributed by atoms with E-state index in [-0.39, 0.29) is 22.2 Å². The Labute approximate surface area is 146 Å². The van der Waals surface area contributed by atoms with Gasteiger partial charge in [-0.25, -0.2) is 14.8 Å². The Hall–Kier alpha value is -2.38. The largest absolute Gasteiger partial charge is 0.333 e. The number of aromatic nitrogens is 2. The maximum atomic E-state index is 13.5. The Morgan fingerprint density at radius 1 is 1.33 bits per heavy atom. The molecule has 0 unspecified atom stereocenters. The van der Waals surface area contributed by atoms with E-state index in [0.717, 1.165) is 11.0 Å². The predicted octanol–water partition coefficient (Wildman–Crippen LogP) is 3.60. The molecule has 0 fully saturated rings. The van der Waals surface area contributed by atoms with Crippen LogP contribution in [0.4, 0.5) is 4.39 Å². The minimum atomic E-state index is -0.503. The van der Waals surface area contributed by atoms with Crippen LogP contribution in [0, 0.1) is 5.82 Å². The first-order valence-electron chi connectivity index (χ1n) is 6.97. The zero-order chi connectivity index (χ0) is 16.9. The lowest BCUT2D eigenvalue weighted by Gasteiger charge is -2.00. The van der Waals surface area contributed by atoms with Crippen molar-refractivity contribution < 1.29 is 9.18 Å². The number of halogens is 2. The number of nitrogens with one attached hydrogen (secondary N) is 2. The van der Waals surface area contributed by atoms with Crippen LogP contribution >= 0.6 is 23.4 Å². The van der Waals surface area contributed by atoms with Gasteiger partial charge in [-0.2, -0.15) is 5.10 Å². The second-order valence-electron chi connectivity index (χ2n) is 4.78. The minimum absolute atomic E-state index is 0.127. The van der Waals surface area contributed by atoms with E-state index in [0.29, 0.717) is 5.16 Å². The first kappa shape index (κ1) is 16.5. The molecule has 0 saturated heterocycles. The highest BCUT2D eigenvalue weighted by Gasteiger charge is 2.07. The van der Waals surface area contributed by atoms with E-state index < -0.39 is 5.82 Å². The normalized spacial score (nSPS) is 11.2. The van der Waals surface area contributed by atoms with Crippen LogP contribution in [-0.4, -0.2) is 27.8 Å². The number of nitrogens with zero attached hydrogens (tertiary/aromatic N) is 2. The van der Waals surface area contributed by atoms with Gasteiger partial charge in [0, 0.05) is 5.56 Å². The number of carbonyl (C=O) groups excluding carboxylic acids is 1. The van der Waals surface area contributed by atoms with Crippen molar-refractivity contribution in [2.24, 2.45) is 5.10 Å². The highest BCUT2D eigenvalue weighted by atomic mass is 35.5. The summed E-state index contributed by atoms with van der Waals surface area (Å²) in [4.78, 5) is 19.2. The molecule has 0 atom stereocenters. The van der Waals surface area contributed by atoms with E-state index in [1.807, 2.05) is 24.3 Å². The zero-order valence-electron chi connectivity index (χ0n) is 12.3. The van der Waals surface area contributed by atoms with Crippen LogP contribution in [0.2, 0.25) is 5.02 Å². The molecule has 0 aliphatic carbocycles. The van der Waals surface area contributed by atoms with Gasteiger partial charge < -0.3 is 4.98 Å². The number of rotatable bonds is 5. The van der Waals surface area contributed by atoms with Crippen LogP contribution in [0.1, 0.15) is 5.56 Å². The van der Waals surface area contributed by atoms with Gasteiger partial charge in [-0.05, 0) is 24.3 Å². The molecule has 8 heteroatoms. The fourth-order valence-electron chi connectivity index (χ4n) is 1.97. The van der Waals surface area contributed by atoms with E-state index in [9.17, 15) is 9.18 Å². The third-order valence-corrected chi connectivity index (χ3v) is 4.29. The number of benzene rings is 2. The van der Waals surface area contributed by atoms with E-state index >= 15 is 0 Å². The quantitative estimate of drug-likeness (QED) is 0.414. The first-order valence-corrected chi connectivity index (χ1v) is 8.33. The Kier molecular flexibility index (Phi) is 5.12. The molecule has 3 rings (SSSR count). The SMILES string of the molecule is O=C(CSc1nc2ccccc2[nH]1)NN=Cc1c(F)cccc1Cl. The number of hydrogen-bond acceptors (Lipinski definition) is 4. The molecule has 122 valence electrons. The highest BCUT2D eigenvalue weighted by molar-refractivity contribution is 7.99. The average molecular weight is 363 g/mol. The lowest BCUT2D eigenvalue weighted by Crippen LogP contribution is -2.19. The van der Waals surface area contributed by atoms with Gasteiger partial charge in [0.15, 0.2) is 5.16 Å². The smallest absolute Gasteiger partial charge is 0.250 e. The molecule has 1 heterocycles. The van der Waals surface area contributed by atoms with Gasteiger partial charge in [-0.3, -0.25) is 4.79 Å². The molecule has 1 aromatic heterocycles. The molecule has 24 heavy (non-hydrogen) atoms. The summed E-state index contributed by atoms with van der Waals surface area (Å²) in [5, 5.41) is 4.60. The van der Waals surface area contributed by atoms with Crippen molar-refractivity contribution in [3.63, 3.8) is 0 Å². The molecule has 2 aromatic carbocycles. The number of thioether (sulfide) groups is 1. The molecule has 0 aliphatic rings. The third-order valence-electron chi connectivity index (χ3n) is 3.09. The summed E-state index contributed by atoms with van der Waals surface area (Å²) in [6.07, 6.45) is 1.18. The summed E-state index contributed by atoms with van der Waals surface area (Å²) in [7, 11) is 0. The second-order valence-corrected chi connectivity index (χ2v) is 6.15. The van der Waals surface area contributed by atoms with Gasteiger partial charge in [0.25, 0.3) is 5.91 Å². The second kappa shape index (κ2) is 7.46. The molecule has 0 aliphatic heterocycles. The molecule has 0 radical (unpaired) electrons. The number of hydrazone groups is 1. The van der Waals surface area contributed by atoms with E-state index in [4.69, 9.17) is 11.6 Å². The third kappa shape index (κ3) is 3.93. The van der Waals surface area contributed by atoms with Crippen molar-refractivity contribution >= 4 is 46.5 Å². The van der Waals surface area contributed by atoms with Crippen LogP contribution in [0.3, 0.4) is 0 Å². The fraction of sp³-hybridized carbons (Fsp3) is 0.0625. The lowest BCUT2D eigenvalue weighted by atomic mass is 10.2. The van der Waals surface area contributed by atoms with Gasteiger partial charge in [0.2, 0.25) is 0 Å². The first-order chi connectivity index (χ1) is 11.6. The van der Waals surface area contributed by atoms with Gasteiger partial charge in [-0.15, -0.1) is 0 Å². The summed E-state index contributed by atoms with van der Waals surface area (Å²) in [5.74, 6) is -0.705. The van der Waals surface area contributed by atoms with Crippen molar-refractivity contribution in [2.75, 3.05) is 5.75 Å². The number of H-pyrrole nitrogens is 1. The lowest BCUT2D eigenvalue weighted by molar-refractivity contribution is -0.118. The number of amides is 1. The number of aromatic amines is 1. The number of para-hydroxylation sites is 2. The van der Waals surface area contributed by atoms with Crippen molar-refractivity contribution in [2.45, 2.75) is 5.16 Å². The minimum Gasteiger partial charge on any atom is -0.333 e. The maximum absolute atomic E-state index is 13.5. The average Bonchev–Trinajstić information content (AvgIpc) is 2.98.